The Morgan fingerprint density at radius 1 is 1.05 bits per heavy atom. The number of carbonyl (C=O) groups is 1. The Labute approximate surface area is 267 Å². The van der Waals surface area contributed by atoms with E-state index in [1.165, 1.54) is 33.7 Å². The number of aliphatic imine (C=N–C) groups is 1. The van der Waals surface area contributed by atoms with Gasteiger partial charge in [-0.3, -0.25) is 4.79 Å². The minimum atomic E-state index is 0.191. The fourth-order valence-electron chi connectivity index (χ4n) is 7.25. The molecule has 6 heteroatoms. The second-order valence-corrected chi connectivity index (χ2v) is 13.1. The maximum atomic E-state index is 13.3. The molecule has 0 aromatic heterocycles. The van der Waals surface area contributed by atoms with Gasteiger partial charge in [-0.25, -0.2) is 4.99 Å². The summed E-state index contributed by atoms with van der Waals surface area (Å²) >= 11 is 6.41. The monoisotopic (exact) mass is 608 g/mol. The molecule has 2 atom stereocenters. The van der Waals surface area contributed by atoms with Crippen molar-refractivity contribution in [1.29, 1.82) is 0 Å². The number of benzene rings is 2. The molecule has 3 aliphatic heterocycles. The van der Waals surface area contributed by atoms with Gasteiger partial charge in [0.15, 0.2) is 5.78 Å². The number of fused-ring (bicyclic) bond motifs is 2. The van der Waals surface area contributed by atoms with Crippen LogP contribution < -0.4 is 10.6 Å². The Kier molecular flexibility index (Phi) is 9.71. The van der Waals surface area contributed by atoms with Crippen LogP contribution in [0, 0.1) is 5.92 Å². The van der Waals surface area contributed by atoms with E-state index in [-0.39, 0.29) is 6.04 Å². The molecule has 2 aromatic rings. The number of ketones is 1. The molecule has 2 aromatic carbocycles. The first-order chi connectivity index (χ1) is 21.5. The first-order valence-electron chi connectivity index (χ1n) is 16.4. The molecule has 6 rings (SSSR count). The van der Waals surface area contributed by atoms with E-state index in [9.17, 15) is 4.79 Å². The summed E-state index contributed by atoms with van der Waals surface area (Å²) in [6, 6.07) is 16.9. The molecule has 44 heavy (non-hydrogen) atoms. The van der Waals surface area contributed by atoms with E-state index in [1.54, 1.807) is 0 Å². The molecule has 0 amide bonds. The Hall–Kier alpha value is -3.57. The highest BCUT2D eigenvalue weighted by molar-refractivity contribution is 6.31. The van der Waals surface area contributed by atoms with Gasteiger partial charge in [0, 0.05) is 43.2 Å². The van der Waals surface area contributed by atoms with Gasteiger partial charge in [0.1, 0.15) is 5.84 Å². The SMILES string of the molecule is CC1=C(NCc2ccccc2Cl)NC2C=CN=C(N3CC/C=C(\C(=O)CCC4=C(C)c5ccccc5CC4)CCC3)C2CC1. The van der Waals surface area contributed by atoms with Crippen LogP contribution in [0.25, 0.3) is 5.57 Å². The molecular weight excluding hydrogens is 564 g/mol. The minimum absolute atomic E-state index is 0.191. The molecule has 4 aliphatic rings. The van der Waals surface area contributed by atoms with Crippen molar-refractivity contribution in [1.82, 2.24) is 15.5 Å². The van der Waals surface area contributed by atoms with E-state index in [0.29, 0.717) is 24.7 Å². The Morgan fingerprint density at radius 2 is 1.89 bits per heavy atom. The lowest BCUT2D eigenvalue weighted by Gasteiger charge is -2.36. The van der Waals surface area contributed by atoms with Crippen LogP contribution in [-0.2, 0) is 17.8 Å². The summed E-state index contributed by atoms with van der Waals surface area (Å²) in [6.45, 7) is 6.97. The Morgan fingerprint density at radius 3 is 2.77 bits per heavy atom. The van der Waals surface area contributed by atoms with Crippen molar-refractivity contribution in [3.05, 3.63) is 111 Å². The first-order valence-corrected chi connectivity index (χ1v) is 16.8. The maximum Gasteiger partial charge on any atom is 0.158 e. The summed E-state index contributed by atoms with van der Waals surface area (Å²) in [7, 11) is 0. The molecule has 0 fully saturated rings. The molecule has 3 heterocycles. The number of allylic oxidation sites excluding steroid dienone is 4. The number of Topliss-reactive ketones (excluding diaryl/α,β-unsaturated/α-hetero) is 1. The number of hydrogen-bond donors (Lipinski definition) is 2. The van der Waals surface area contributed by atoms with Gasteiger partial charge in [-0.05, 0) is 111 Å². The van der Waals surface area contributed by atoms with Crippen molar-refractivity contribution in [2.24, 2.45) is 10.9 Å². The zero-order valence-corrected chi connectivity index (χ0v) is 26.9. The molecule has 0 radical (unpaired) electrons. The number of hydrogen-bond acceptors (Lipinski definition) is 5. The van der Waals surface area contributed by atoms with Crippen molar-refractivity contribution in [3.8, 4) is 0 Å². The topological polar surface area (TPSA) is 56.7 Å². The summed E-state index contributed by atoms with van der Waals surface area (Å²) in [5, 5.41) is 8.21. The fourth-order valence-corrected chi connectivity index (χ4v) is 7.45. The second kappa shape index (κ2) is 14.0. The number of rotatable bonds is 7. The molecule has 0 bridgehead atoms. The predicted molar refractivity (Wildman–Crippen MR) is 182 cm³/mol. The van der Waals surface area contributed by atoms with Gasteiger partial charge < -0.3 is 15.5 Å². The van der Waals surface area contributed by atoms with Crippen molar-refractivity contribution < 1.29 is 4.79 Å². The van der Waals surface area contributed by atoms with Crippen LogP contribution in [0.2, 0.25) is 5.02 Å². The van der Waals surface area contributed by atoms with Gasteiger partial charge in [0.05, 0.1) is 11.9 Å². The molecular formula is C38H45ClN4O. The van der Waals surface area contributed by atoms with Crippen molar-refractivity contribution >= 4 is 28.8 Å². The standard InChI is InChI=1S/C38H45ClN4O/c1-26-15-19-33-35(42-37(26)41-25-31-10-4-6-14-34(31)39)21-22-40-38(33)43-23-7-11-30(12-8-24-43)36(44)20-18-28-16-17-29-9-3-5-13-32(29)27(28)2/h3-6,9-11,13-14,21-22,33,35,41-42H,7-8,12,15-20,23-25H2,1-2H3/b30-11-. The van der Waals surface area contributed by atoms with Gasteiger partial charge in [-0.1, -0.05) is 65.7 Å². The second-order valence-electron chi connectivity index (χ2n) is 12.7. The molecule has 1 aliphatic carbocycles. The zero-order chi connectivity index (χ0) is 30.5. The van der Waals surface area contributed by atoms with E-state index in [2.05, 4.69) is 71.9 Å². The average Bonchev–Trinajstić information content (AvgIpc) is 3.18. The third kappa shape index (κ3) is 6.89. The van der Waals surface area contributed by atoms with Crippen molar-refractivity contribution in [2.45, 2.75) is 84.2 Å². The fraction of sp³-hybridized carbons (Fsp3) is 0.421. The highest BCUT2D eigenvalue weighted by Crippen LogP contribution is 2.34. The van der Waals surface area contributed by atoms with Crippen LogP contribution in [0.15, 0.2) is 94.4 Å². The number of aryl methyl sites for hydroxylation is 1. The Balaban J connectivity index is 1.04. The lowest BCUT2D eigenvalue weighted by molar-refractivity contribution is -0.115. The summed E-state index contributed by atoms with van der Waals surface area (Å²) in [5.74, 6) is 2.94. The molecule has 2 unspecified atom stereocenters. The molecule has 2 N–H and O–H groups in total. The number of halogens is 1. The van der Waals surface area contributed by atoms with Crippen LogP contribution in [0.3, 0.4) is 0 Å². The van der Waals surface area contributed by atoms with E-state index in [1.807, 2.05) is 24.4 Å². The lowest BCUT2D eigenvalue weighted by atomic mass is 9.84. The van der Waals surface area contributed by atoms with Gasteiger partial charge in [-0.2, -0.15) is 0 Å². The lowest BCUT2D eigenvalue weighted by Crippen LogP contribution is -2.48. The number of carbonyl (C=O) groups excluding carboxylic acids is 1. The first kappa shape index (κ1) is 30.5. The largest absolute Gasteiger partial charge is 0.368 e. The van der Waals surface area contributed by atoms with Gasteiger partial charge >= 0.3 is 0 Å². The minimum Gasteiger partial charge on any atom is -0.368 e. The van der Waals surface area contributed by atoms with E-state index in [4.69, 9.17) is 16.6 Å². The summed E-state index contributed by atoms with van der Waals surface area (Å²) in [4.78, 5) is 20.7. The van der Waals surface area contributed by atoms with E-state index >= 15 is 0 Å². The van der Waals surface area contributed by atoms with Crippen molar-refractivity contribution in [3.63, 3.8) is 0 Å². The number of amidine groups is 1. The summed E-state index contributed by atoms with van der Waals surface area (Å²) in [6.07, 6.45) is 14.8. The third-order valence-electron chi connectivity index (χ3n) is 9.89. The number of nitrogens with one attached hydrogen (secondary N) is 2. The molecule has 230 valence electrons. The van der Waals surface area contributed by atoms with Gasteiger partial charge in [0.2, 0.25) is 0 Å². The maximum absolute atomic E-state index is 13.3. The highest BCUT2D eigenvalue weighted by atomic mass is 35.5. The smallest absolute Gasteiger partial charge is 0.158 e. The number of nitrogens with zero attached hydrogens (tertiary/aromatic N) is 2. The normalized spacial score (nSPS) is 23.3. The highest BCUT2D eigenvalue weighted by Gasteiger charge is 2.33. The van der Waals surface area contributed by atoms with Crippen LogP contribution in [0.1, 0.15) is 81.9 Å². The third-order valence-corrected chi connectivity index (χ3v) is 10.3. The summed E-state index contributed by atoms with van der Waals surface area (Å²) < 4.78 is 0. The van der Waals surface area contributed by atoms with Crippen LogP contribution in [0.4, 0.5) is 0 Å². The molecule has 0 spiro atoms. The molecule has 5 nitrogen and oxygen atoms in total. The van der Waals surface area contributed by atoms with E-state index < -0.39 is 0 Å². The Bertz CT molecular complexity index is 1550. The molecule has 0 saturated heterocycles. The van der Waals surface area contributed by atoms with Crippen LogP contribution >= 0.6 is 11.6 Å². The molecule has 0 saturated carbocycles. The van der Waals surface area contributed by atoms with Crippen molar-refractivity contribution in [2.75, 3.05) is 13.1 Å². The van der Waals surface area contributed by atoms with Crippen LogP contribution in [-0.4, -0.2) is 35.7 Å². The summed E-state index contributed by atoms with van der Waals surface area (Å²) in [5.41, 5.74) is 9.11. The van der Waals surface area contributed by atoms with Gasteiger partial charge in [0.25, 0.3) is 0 Å². The van der Waals surface area contributed by atoms with E-state index in [0.717, 1.165) is 86.4 Å². The van der Waals surface area contributed by atoms with Gasteiger partial charge in [-0.15, -0.1) is 0 Å². The zero-order valence-electron chi connectivity index (χ0n) is 26.2. The average molecular weight is 609 g/mol. The predicted octanol–water partition coefficient (Wildman–Crippen LogP) is 8.14. The quantitative estimate of drug-likeness (QED) is 0.333. The van der Waals surface area contributed by atoms with Crippen LogP contribution in [0.5, 0.6) is 0 Å².